The third kappa shape index (κ3) is 2.99. The summed E-state index contributed by atoms with van der Waals surface area (Å²) in [5, 5.41) is 0.795. The summed E-state index contributed by atoms with van der Waals surface area (Å²) in [6.07, 6.45) is 5.36. The maximum atomic E-state index is 12.3. The maximum Gasteiger partial charge on any atom is 0.286 e. The zero-order chi connectivity index (χ0) is 18.3. The number of amides is 1. The number of nitrogens with zero attached hydrogens (tertiary/aromatic N) is 3. The van der Waals surface area contributed by atoms with Gasteiger partial charge >= 0.3 is 0 Å². The molecule has 3 aliphatic heterocycles. The second-order valence-electron chi connectivity index (χ2n) is 6.99. The number of carbonyl (C=O) groups is 1. The number of benzene rings is 1. The first-order valence-electron chi connectivity index (χ1n) is 9.14. The van der Waals surface area contributed by atoms with Crippen LogP contribution in [0.25, 0.3) is 6.08 Å². The minimum Gasteiger partial charge on any atom is -0.365 e. The van der Waals surface area contributed by atoms with Gasteiger partial charge in [-0.15, -0.1) is 0 Å². The van der Waals surface area contributed by atoms with Gasteiger partial charge in [0.1, 0.15) is 0 Å². The Labute approximate surface area is 162 Å². The lowest BCUT2D eigenvalue weighted by Crippen LogP contribution is -2.44. The van der Waals surface area contributed by atoms with Crippen molar-refractivity contribution in [3.63, 3.8) is 0 Å². The van der Waals surface area contributed by atoms with Gasteiger partial charge in [-0.2, -0.15) is 4.99 Å². The van der Waals surface area contributed by atoms with E-state index in [9.17, 15) is 4.79 Å². The summed E-state index contributed by atoms with van der Waals surface area (Å²) in [5.74, 6) is -0.177. The third-order valence-electron chi connectivity index (χ3n) is 5.43. The largest absolute Gasteiger partial charge is 0.365 e. The van der Waals surface area contributed by atoms with Crippen LogP contribution in [0.5, 0.6) is 0 Å². The normalized spacial score (nSPS) is 22.4. The van der Waals surface area contributed by atoms with Crippen molar-refractivity contribution in [2.45, 2.75) is 25.0 Å². The monoisotopic (exact) mass is 377 g/mol. The van der Waals surface area contributed by atoms with Crippen molar-refractivity contribution in [2.75, 3.05) is 13.1 Å². The number of fused-ring (bicyclic) bond motifs is 2. The van der Waals surface area contributed by atoms with Crippen molar-refractivity contribution >= 4 is 28.9 Å². The standard InChI is InChI=1S/C21H19N3O2S/c25-19-18(13-16-6-3-4-10-22-16)27-20(23-19)24-11-8-21(9-12-24)17-7-2-1-5-15(17)14-26-21/h1-7,10,13H,8-9,11-12,14H2/b18-13-. The fourth-order valence-corrected chi connectivity index (χ4v) is 4.94. The van der Waals surface area contributed by atoms with Crippen molar-refractivity contribution in [1.29, 1.82) is 0 Å². The maximum absolute atomic E-state index is 12.3. The molecule has 27 heavy (non-hydrogen) atoms. The predicted molar refractivity (Wildman–Crippen MR) is 106 cm³/mol. The summed E-state index contributed by atoms with van der Waals surface area (Å²) in [6, 6.07) is 14.2. The zero-order valence-corrected chi connectivity index (χ0v) is 15.6. The van der Waals surface area contributed by atoms with E-state index in [0.717, 1.165) is 36.8 Å². The highest BCUT2D eigenvalue weighted by molar-refractivity contribution is 8.18. The average Bonchev–Trinajstić information content (AvgIpc) is 3.25. The van der Waals surface area contributed by atoms with E-state index in [4.69, 9.17) is 4.74 Å². The molecular weight excluding hydrogens is 358 g/mol. The summed E-state index contributed by atoms with van der Waals surface area (Å²) >= 11 is 1.44. The number of hydrogen-bond acceptors (Lipinski definition) is 5. The molecular formula is C21H19N3O2S. The fraction of sp³-hybridized carbons (Fsp3) is 0.286. The molecule has 0 aliphatic carbocycles. The van der Waals surface area contributed by atoms with Gasteiger partial charge in [0, 0.05) is 19.3 Å². The van der Waals surface area contributed by atoms with E-state index in [-0.39, 0.29) is 11.5 Å². The molecule has 0 bridgehead atoms. The van der Waals surface area contributed by atoms with E-state index < -0.39 is 0 Å². The summed E-state index contributed by atoms with van der Waals surface area (Å²) < 4.78 is 6.22. The number of likely N-dealkylation sites (tertiary alicyclic amines) is 1. The molecule has 1 saturated heterocycles. The van der Waals surface area contributed by atoms with Crippen LogP contribution in [0.3, 0.4) is 0 Å². The Morgan fingerprint density at radius 2 is 1.93 bits per heavy atom. The van der Waals surface area contributed by atoms with Crippen LogP contribution in [0, 0.1) is 0 Å². The van der Waals surface area contributed by atoms with Gasteiger partial charge in [-0.05, 0) is 53.9 Å². The van der Waals surface area contributed by atoms with E-state index in [0.29, 0.717) is 11.5 Å². The first-order chi connectivity index (χ1) is 13.2. The lowest BCUT2D eigenvalue weighted by Gasteiger charge is -2.39. The predicted octanol–water partition coefficient (Wildman–Crippen LogP) is 3.57. The second-order valence-corrected chi connectivity index (χ2v) is 8.00. The summed E-state index contributed by atoms with van der Waals surface area (Å²) in [4.78, 5) is 23.7. The van der Waals surface area contributed by atoms with Gasteiger partial charge in [-0.1, -0.05) is 30.3 Å². The average molecular weight is 377 g/mol. The molecule has 0 saturated carbocycles. The minimum atomic E-state index is -0.177. The van der Waals surface area contributed by atoms with Gasteiger partial charge in [-0.3, -0.25) is 9.78 Å². The number of aromatic nitrogens is 1. The number of amidine groups is 1. The van der Waals surface area contributed by atoms with E-state index in [2.05, 4.69) is 39.1 Å². The Kier molecular flexibility index (Phi) is 4.10. The number of thioether (sulfide) groups is 1. The molecule has 3 aliphatic rings. The summed E-state index contributed by atoms with van der Waals surface area (Å²) in [5.41, 5.74) is 3.23. The molecule has 5 nitrogen and oxygen atoms in total. The smallest absolute Gasteiger partial charge is 0.286 e. The van der Waals surface area contributed by atoms with Crippen molar-refractivity contribution in [1.82, 2.24) is 9.88 Å². The van der Waals surface area contributed by atoms with E-state index in [1.807, 2.05) is 24.3 Å². The number of pyridine rings is 1. The molecule has 0 N–H and O–H groups in total. The molecule has 5 rings (SSSR count). The number of rotatable bonds is 1. The molecule has 1 amide bonds. The van der Waals surface area contributed by atoms with Crippen LogP contribution in [-0.2, 0) is 21.7 Å². The van der Waals surface area contributed by atoms with Crippen molar-refractivity contribution in [3.05, 3.63) is 70.4 Å². The molecule has 1 aromatic carbocycles. The highest BCUT2D eigenvalue weighted by Gasteiger charge is 2.43. The van der Waals surface area contributed by atoms with Crippen LogP contribution in [0.2, 0.25) is 0 Å². The van der Waals surface area contributed by atoms with Crippen LogP contribution in [0.1, 0.15) is 29.7 Å². The van der Waals surface area contributed by atoms with Crippen LogP contribution >= 0.6 is 11.8 Å². The van der Waals surface area contributed by atoms with Gasteiger partial charge < -0.3 is 9.64 Å². The Morgan fingerprint density at radius 3 is 2.74 bits per heavy atom. The van der Waals surface area contributed by atoms with Gasteiger partial charge in [0.05, 0.1) is 22.8 Å². The SMILES string of the molecule is O=C1N=C(N2CCC3(CC2)OCc2ccccc23)S/C1=C\c1ccccn1. The van der Waals surface area contributed by atoms with Gasteiger partial charge in [-0.25, -0.2) is 0 Å². The topological polar surface area (TPSA) is 54.8 Å². The number of hydrogen-bond donors (Lipinski definition) is 0. The van der Waals surface area contributed by atoms with Crippen LogP contribution in [-0.4, -0.2) is 34.0 Å². The van der Waals surface area contributed by atoms with Crippen LogP contribution in [0.4, 0.5) is 0 Å². The molecule has 4 heterocycles. The summed E-state index contributed by atoms with van der Waals surface area (Å²) in [7, 11) is 0. The Hall–Kier alpha value is -2.44. The van der Waals surface area contributed by atoms with Crippen molar-refractivity contribution in [3.8, 4) is 0 Å². The highest BCUT2D eigenvalue weighted by Crippen LogP contribution is 2.44. The number of carbonyl (C=O) groups excluding carboxylic acids is 1. The summed E-state index contributed by atoms with van der Waals surface area (Å²) in [6.45, 7) is 2.37. The van der Waals surface area contributed by atoms with E-state index >= 15 is 0 Å². The van der Waals surface area contributed by atoms with Gasteiger partial charge in [0.25, 0.3) is 5.91 Å². The number of piperidine rings is 1. The van der Waals surface area contributed by atoms with E-state index in [1.54, 1.807) is 6.20 Å². The lowest BCUT2D eigenvalue weighted by molar-refractivity contribution is -0.113. The van der Waals surface area contributed by atoms with Crippen molar-refractivity contribution < 1.29 is 9.53 Å². The molecule has 136 valence electrons. The number of ether oxygens (including phenoxy) is 1. The Morgan fingerprint density at radius 1 is 1.11 bits per heavy atom. The van der Waals surface area contributed by atoms with Crippen molar-refractivity contribution in [2.24, 2.45) is 4.99 Å². The minimum absolute atomic E-state index is 0.173. The highest BCUT2D eigenvalue weighted by atomic mass is 32.2. The van der Waals surface area contributed by atoms with Crippen LogP contribution in [0.15, 0.2) is 58.6 Å². The zero-order valence-electron chi connectivity index (χ0n) is 14.8. The van der Waals surface area contributed by atoms with E-state index in [1.165, 1.54) is 22.9 Å². The second kappa shape index (κ2) is 6.62. The molecule has 0 unspecified atom stereocenters. The quantitative estimate of drug-likeness (QED) is 0.711. The Balaban J connectivity index is 1.29. The lowest BCUT2D eigenvalue weighted by atomic mass is 9.84. The molecule has 1 spiro atoms. The van der Waals surface area contributed by atoms with Crippen LogP contribution < -0.4 is 0 Å². The van der Waals surface area contributed by atoms with Gasteiger partial charge in [0.2, 0.25) is 0 Å². The molecule has 0 atom stereocenters. The first-order valence-corrected chi connectivity index (χ1v) is 9.96. The molecule has 2 aromatic rings. The first kappa shape index (κ1) is 16.7. The van der Waals surface area contributed by atoms with Gasteiger partial charge in [0.15, 0.2) is 5.17 Å². The molecule has 6 heteroatoms. The molecule has 1 fully saturated rings. The fourth-order valence-electron chi connectivity index (χ4n) is 3.99. The molecule has 0 radical (unpaired) electrons. The molecule has 1 aromatic heterocycles. The third-order valence-corrected chi connectivity index (χ3v) is 6.47. The number of aliphatic imine (C=N–C) groups is 1. The Bertz CT molecular complexity index is 947.